The summed E-state index contributed by atoms with van der Waals surface area (Å²) in [6.45, 7) is 2.00. The SMILES string of the molecule is c1cnc(N2CCC[C@@H](c3nc4ccccc4s3)C2)nc1. The molecule has 21 heavy (non-hydrogen) atoms. The highest BCUT2D eigenvalue weighted by molar-refractivity contribution is 7.18. The van der Waals surface area contributed by atoms with Gasteiger partial charge < -0.3 is 4.90 Å². The van der Waals surface area contributed by atoms with Crippen LogP contribution < -0.4 is 4.90 Å². The van der Waals surface area contributed by atoms with Crippen LogP contribution in [0.5, 0.6) is 0 Å². The Morgan fingerprint density at radius 2 is 1.95 bits per heavy atom. The summed E-state index contributed by atoms with van der Waals surface area (Å²) in [6, 6.07) is 10.2. The predicted octanol–water partition coefficient (Wildman–Crippen LogP) is 3.47. The number of benzene rings is 1. The van der Waals surface area contributed by atoms with E-state index in [9.17, 15) is 0 Å². The van der Waals surface area contributed by atoms with Crippen molar-refractivity contribution in [2.24, 2.45) is 0 Å². The summed E-state index contributed by atoms with van der Waals surface area (Å²) < 4.78 is 1.28. The number of thiazole rings is 1. The maximum atomic E-state index is 4.82. The summed E-state index contributed by atoms with van der Waals surface area (Å²) in [7, 11) is 0. The maximum Gasteiger partial charge on any atom is 0.225 e. The summed E-state index contributed by atoms with van der Waals surface area (Å²) in [5.74, 6) is 1.32. The number of para-hydroxylation sites is 1. The minimum atomic E-state index is 0.486. The van der Waals surface area contributed by atoms with Gasteiger partial charge in [0.1, 0.15) is 0 Å². The van der Waals surface area contributed by atoms with Crippen molar-refractivity contribution in [1.29, 1.82) is 0 Å². The standard InChI is InChI=1S/C16H16N4S/c1-2-7-14-13(6-1)19-15(21-14)12-5-3-10-20(11-12)16-17-8-4-9-18-16/h1-2,4,6-9,12H,3,5,10-11H2/t12-/m1/s1. The monoisotopic (exact) mass is 296 g/mol. The lowest BCUT2D eigenvalue weighted by atomic mass is 9.99. The number of nitrogens with zero attached hydrogens (tertiary/aromatic N) is 4. The van der Waals surface area contributed by atoms with Crippen molar-refractivity contribution < 1.29 is 0 Å². The van der Waals surface area contributed by atoms with Crippen LogP contribution in [0.3, 0.4) is 0 Å². The lowest BCUT2D eigenvalue weighted by Crippen LogP contribution is -2.35. The zero-order valence-corrected chi connectivity index (χ0v) is 12.5. The predicted molar refractivity (Wildman–Crippen MR) is 85.8 cm³/mol. The van der Waals surface area contributed by atoms with Crippen LogP contribution in [0.1, 0.15) is 23.8 Å². The molecule has 1 aliphatic heterocycles. The fourth-order valence-corrected chi connectivity index (χ4v) is 3.97. The normalized spacial score (nSPS) is 19.0. The Hall–Kier alpha value is -2.01. The van der Waals surface area contributed by atoms with E-state index >= 15 is 0 Å². The van der Waals surface area contributed by atoms with E-state index in [0.29, 0.717) is 5.92 Å². The van der Waals surface area contributed by atoms with E-state index in [2.05, 4.69) is 39.1 Å². The van der Waals surface area contributed by atoms with Gasteiger partial charge in [-0.1, -0.05) is 12.1 Å². The molecule has 2 aromatic heterocycles. The van der Waals surface area contributed by atoms with Crippen molar-refractivity contribution in [3.8, 4) is 0 Å². The van der Waals surface area contributed by atoms with Crippen LogP contribution in [-0.4, -0.2) is 28.0 Å². The van der Waals surface area contributed by atoms with Crippen LogP contribution in [0.25, 0.3) is 10.2 Å². The van der Waals surface area contributed by atoms with E-state index in [0.717, 1.165) is 24.6 Å². The number of anilines is 1. The van der Waals surface area contributed by atoms with Crippen LogP contribution in [0.2, 0.25) is 0 Å². The van der Waals surface area contributed by atoms with Crippen molar-refractivity contribution in [2.45, 2.75) is 18.8 Å². The quantitative estimate of drug-likeness (QED) is 0.726. The first-order valence-corrected chi connectivity index (χ1v) is 8.09. The Balaban J connectivity index is 1.60. The second-order valence-corrected chi connectivity index (χ2v) is 6.42. The molecule has 3 heterocycles. The molecule has 1 fully saturated rings. The van der Waals surface area contributed by atoms with E-state index in [1.807, 2.05) is 29.8 Å². The van der Waals surface area contributed by atoms with Crippen LogP contribution >= 0.6 is 11.3 Å². The van der Waals surface area contributed by atoms with Gasteiger partial charge in [0, 0.05) is 31.4 Å². The van der Waals surface area contributed by atoms with Crippen LogP contribution in [0, 0.1) is 0 Å². The second-order valence-electron chi connectivity index (χ2n) is 5.35. The summed E-state index contributed by atoms with van der Waals surface area (Å²) in [6.07, 6.45) is 5.98. The smallest absolute Gasteiger partial charge is 0.225 e. The van der Waals surface area contributed by atoms with Gasteiger partial charge in [-0.25, -0.2) is 15.0 Å². The number of hydrogen-bond acceptors (Lipinski definition) is 5. The van der Waals surface area contributed by atoms with Crippen molar-refractivity contribution in [3.63, 3.8) is 0 Å². The number of aromatic nitrogens is 3. The first kappa shape index (κ1) is 12.7. The zero-order chi connectivity index (χ0) is 14.1. The Labute approximate surface area is 127 Å². The van der Waals surface area contributed by atoms with Gasteiger partial charge in [-0.05, 0) is 31.0 Å². The number of fused-ring (bicyclic) bond motifs is 1. The molecule has 4 rings (SSSR count). The molecule has 0 bridgehead atoms. The third kappa shape index (κ3) is 2.49. The average molecular weight is 296 g/mol. The third-order valence-electron chi connectivity index (χ3n) is 3.92. The van der Waals surface area contributed by atoms with Crippen LogP contribution in [0.4, 0.5) is 5.95 Å². The van der Waals surface area contributed by atoms with Gasteiger partial charge in [0.2, 0.25) is 5.95 Å². The van der Waals surface area contributed by atoms with Gasteiger partial charge in [-0.2, -0.15) is 0 Å². The lowest BCUT2D eigenvalue weighted by molar-refractivity contribution is 0.502. The van der Waals surface area contributed by atoms with Crippen molar-refractivity contribution in [2.75, 3.05) is 18.0 Å². The molecule has 0 radical (unpaired) electrons. The van der Waals surface area contributed by atoms with Gasteiger partial charge in [-0.15, -0.1) is 11.3 Å². The van der Waals surface area contributed by atoms with Crippen molar-refractivity contribution in [3.05, 3.63) is 47.7 Å². The molecular weight excluding hydrogens is 280 g/mol. The van der Waals surface area contributed by atoms with E-state index in [4.69, 9.17) is 4.98 Å². The Bertz CT molecular complexity index is 707. The first-order valence-electron chi connectivity index (χ1n) is 7.27. The molecule has 0 spiro atoms. The summed E-state index contributed by atoms with van der Waals surface area (Å²) in [4.78, 5) is 15.8. The van der Waals surface area contributed by atoms with Crippen molar-refractivity contribution >= 4 is 27.5 Å². The number of rotatable bonds is 2. The van der Waals surface area contributed by atoms with Gasteiger partial charge in [0.25, 0.3) is 0 Å². The van der Waals surface area contributed by atoms with Gasteiger partial charge in [0.05, 0.1) is 15.2 Å². The highest BCUT2D eigenvalue weighted by atomic mass is 32.1. The first-order chi connectivity index (χ1) is 10.4. The molecule has 1 atom stereocenters. The number of hydrogen-bond donors (Lipinski definition) is 0. The molecule has 1 aliphatic rings. The topological polar surface area (TPSA) is 41.9 Å². The minimum Gasteiger partial charge on any atom is -0.340 e. The molecule has 0 aliphatic carbocycles. The molecule has 0 amide bonds. The fourth-order valence-electron chi connectivity index (χ4n) is 2.88. The van der Waals surface area contributed by atoms with E-state index in [-0.39, 0.29) is 0 Å². The Morgan fingerprint density at radius 3 is 2.81 bits per heavy atom. The molecule has 1 saturated heterocycles. The lowest BCUT2D eigenvalue weighted by Gasteiger charge is -2.31. The summed E-state index contributed by atoms with van der Waals surface area (Å²) in [5, 5.41) is 1.25. The molecule has 3 aromatic rings. The highest BCUT2D eigenvalue weighted by Crippen LogP contribution is 2.33. The average Bonchev–Trinajstić information content (AvgIpc) is 3.00. The van der Waals surface area contributed by atoms with Crippen LogP contribution in [-0.2, 0) is 0 Å². The number of piperidine rings is 1. The highest BCUT2D eigenvalue weighted by Gasteiger charge is 2.25. The molecule has 4 nitrogen and oxygen atoms in total. The molecular formula is C16H16N4S. The van der Waals surface area contributed by atoms with Crippen LogP contribution in [0.15, 0.2) is 42.7 Å². The van der Waals surface area contributed by atoms with E-state index in [1.165, 1.54) is 22.5 Å². The van der Waals surface area contributed by atoms with E-state index in [1.54, 1.807) is 0 Å². The third-order valence-corrected chi connectivity index (χ3v) is 5.11. The summed E-state index contributed by atoms with van der Waals surface area (Å²) >= 11 is 1.82. The molecule has 0 N–H and O–H groups in total. The maximum absolute atomic E-state index is 4.82. The Morgan fingerprint density at radius 1 is 1.10 bits per heavy atom. The zero-order valence-electron chi connectivity index (χ0n) is 11.6. The molecule has 0 unspecified atom stereocenters. The fraction of sp³-hybridized carbons (Fsp3) is 0.312. The largest absolute Gasteiger partial charge is 0.340 e. The molecule has 5 heteroatoms. The second kappa shape index (κ2) is 5.41. The minimum absolute atomic E-state index is 0.486. The van der Waals surface area contributed by atoms with Gasteiger partial charge in [0.15, 0.2) is 0 Å². The van der Waals surface area contributed by atoms with Gasteiger partial charge in [-0.3, -0.25) is 0 Å². The molecule has 0 saturated carbocycles. The van der Waals surface area contributed by atoms with E-state index < -0.39 is 0 Å². The molecule has 106 valence electrons. The Kier molecular flexibility index (Phi) is 3.27. The van der Waals surface area contributed by atoms with Crippen molar-refractivity contribution in [1.82, 2.24) is 15.0 Å². The van der Waals surface area contributed by atoms with Gasteiger partial charge >= 0.3 is 0 Å². The molecule has 1 aromatic carbocycles. The summed E-state index contributed by atoms with van der Waals surface area (Å²) in [5.41, 5.74) is 1.12.